The summed E-state index contributed by atoms with van der Waals surface area (Å²) in [6, 6.07) is 6.80. The van der Waals surface area contributed by atoms with Crippen molar-refractivity contribution in [1.29, 1.82) is 0 Å². The molecule has 17 heavy (non-hydrogen) atoms. The Hall–Kier alpha value is -0.570. The van der Waals surface area contributed by atoms with Gasteiger partial charge in [-0.05, 0) is 31.2 Å². The Morgan fingerprint density at radius 1 is 1.35 bits per heavy atom. The van der Waals surface area contributed by atoms with Crippen LogP contribution >= 0.6 is 11.6 Å². The molecule has 0 amide bonds. The molecule has 0 spiro atoms. The number of hydrogen-bond acceptors (Lipinski definition) is 2. The van der Waals surface area contributed by atoms with Crippen molar-refractivity contribution in [1.82, 2.24) is 10.2 Å². The minimum Gasteiger partial charge on any atom is -0.313 e. The summed E-state index contributed by atoms with van der Waals surface area (Å²) in [4.78, 5) is 2.28. The van der Waals surface area contributed by atoms with Crippen molar-refractivity contribution in [3.05, 3.63) is 34.3 Å². The van der Waals surface area contributed by atoms with Crippen molar-refractivity contribution in [2.45, 2.75) is 33.4 Å². The molecule has 0 saturated heterocycles. The van der Waals surface area contributed by atoms with Crippen LogP contribution in [0.5, 0.6) is 0 Å². The van der Waals surface area contributed by atoms with E-state index in [0.717, 1.165) is 24.7 Å². The Balaban J connectivity index is 2.42. The van der Waals surface area contributed by atoms with E-state index in [9.17, 15) is 0 Å². The number of halogens is 1. The summed E-state index contributed by atoms with van der Waals surface area (Å²) < 4.78 is 0. The average molecular weight is 255 g/mol. The third-order valence-electron chi connectivity index (χ3n) is 2.69. The Morgan fingerprint density at radius 3 is 2.65 bits per heavy atom. The molecule has 2 nitrogen and oxygen atoms in total. The standard InChI is InChI=1S/C14H23ClN2/c1-11(2)16-7-8-17(4)10-13-6-5-12(3)9-14(13)15/h5-6,9,11,16H,7-8,10H2,1-4H3. The smallest absolute Gasteiger partial charge is 0.0453 e. The Bertz CT molecular complexity index is 350. The lowest BCUT2D eigenvalue weighted by atomic mass is 10.1. The fourth-order valence-corrected chi connectivity index (χ4v) is 1.99. The average Bonchev–Trinajstić information content (AvgIpc) is 2.21. The van der Waals surface area contributed by atoms with Crippen LogP contribution in [0.3, 0.4) is 0 Å². The maximum atomic E-state index is 6.22. The molecule has 3 heteroatoms. The van der Waals surface area contributed by atoms with Gasteiger partial charge in [-0.25, -0.2) is 0 Å². The van der Waals surface area contributed by atoms with E-state index in [4.69, 9.17) is 11.6 Å². The maximum Gasteiger partial charge on any atom is 0.0453 e. The summed E-state index contributed by atoms with van der Waals surface area (Å²) in [5.41, 5.74) is 2.41. The predicted octanol–water partition coefficient (Wildman–Crippen LogP) is 3.08. The van der Waals surface area contributed by atoms with Crippen LogP contribution in [0.1, 0.15) is 25.0 Å². The SMILES string of the molecule is Cc1ccc(CN(C)CCNC(C)C)c(Cl)c1. The van der Waals surface area contributed by atoms with E-state index in [1.807, 2.05) is 6.07 Å². The van der Waals surface area contributed by atoms with Crippen LogP contribution in [0.15, 0.2) is 18.2 Å². The van der Waals surface area contributed by atoms with Crippen molar-refractivity contribution in [2.75, 3.05) is 20.1 Å². The molecule has 96 valence electrons. The van der Waals surface area contributed by atoms with Crippen LogP contribution in [0.2, 0.25) is 5.02 Å². The van der Waals surface area contributed by atoms with Crippen molar-refractivity contribution >= 4 is 11.6 Å². The molecular weight excluding hydrogens is 232 g/mol. The molecule has 0 saturated carbocycles. The third kappa shape index (κ3) is 5.53. The fourth-order valence-electron chi connectivity index (χ4n) is 1.69. The molecule has 0 aromatic heterocycles. The van der Waals surface area contributed by atoms with Gasteiger partial charge < -0.3 is 10.2 Å². The van der Waals surface area contributed by atoms with Gasteiger partial charge in [-0.2, -0.15) is 0 Å². The Labute approximate surface area is 110 Å². The molecule has 0 aliphatic carbocycles. The lowest BCUT2D eigenvalue weighted by Crippen LogP contribution is -2.32. The van der Waals surface area contributed by atoms with E-state index in [-0.39, 0.29) is 0 Å². The monoisotopic (exact) mass is 254 g/mol. The maximum absolute atomic E-state index is 6.22. The highest BCUT2D eigenvalue weighted by Crippen LogP contribution is 2.18. The molecular formula is C14H23ClN2. The van der Waals surface area contributed by atoms with E-state index in [0.29, 0.717) is 6.04 Å². The Morgan fingerprint density at radius 2 is 2.06 bits per heavy atom. The molecule has 0 radical (unpaired) electrons. The van der Waals surface area contributed by atoms with Gasteiger partial charge in [0.25, 0.3) is 0 Å². The second-order valence-electron chi connectivity index (χ2n) is 4.94. The summed E-state index contributed by atoms with van der Waals surface area (Å²) in [7, 11) is 2.12. The molecule has 0 unspecified atom stereocenters. The number of rotatable bonds is 6. The highest BCUT2D eigenvalue weighted by atomic mass is 35.5. The predicted molar refractivity (Wildman–Crippen MR) is 75.7 cm³/mol. The van der Waals surface area contributed by atoms with Crippen molar-refractivity contribution in [2.24, 2.45) is 0 Å². The highest BCUT2D eigenvalue weighted by Gasteiger charge is 2.04. The van der Waals surface area contributed by atoms with Gasteiger partial charge in [-0.3, -0.25) is 0 Å². The van der Waals surface area contributed by atoms with E-state index in [1.54, 1.807) is 0 Å². The van der Waals surface area contributed by atoms with Gasteiger partial charge in [0.1, 0.15) is 0 Å². The number of nitrogens with zero attached hydrogens (tertiary/aromatic N) is 1. The fraction of sp³-hybridized carbons (Fsp3) is 0.571. The largest absolute Gasteiger partial charge is 0.313 e. The second kappa shape index (κ2) is 7.00. The van der Waals surface area contributed by atoms with Crippen molar-refractivity contribution in [3.8, 4) is 0 Å². The number of benzene rings is 1. The van der Waals surface area contributed by atoms with E-state index < -0.39 is 0 Å². The van der Waals surface area contributed by atoms with Crippen LogP contribution < -0.4 is 5.32 Å². The molecule has 0 atom stereocenters. The summed E-state index contributed by atoms with van der Waals surface area (Å²) in [5.74, 6) is 0. The highest BCUT2D eigenvalue weighted by molar-refractivity contribution is 6.31. The van der Waals surface area contributed by atoms with Crippen molar-refractivity contribution < 1.29 is 0 Å². The molecule has 0 fully saturated rings. The van der Waals surface area contributed by atoms with Gasteiger partial charge in [-0.15, -0.1) is 0 Å². The lowest BCUT2D eigenvalue weighted by molar-refractivity contribution is 0.320. The number of likely N-dealkylation sites (N-methyl/N-ethyl adjacent to an activating group) is 1. The molecule has 0 heterocycles. The quantitative estimate of drug-likeness (QED) is 0.839. The first-order chi connectivity index (χ1) is 7.99. The first-order valence-electron chi connectivity index (χ1n) is 6.16. The van der Waals surface area contributed by atoms with Crippen LogP contribution in [-0.4, -0.2) is 31.1 Å². The molecule has 1 N–H and O–H groups in total. The molecule has 0 bridgehead atoms. The summed E-state index contributed by atoms with van der Waals surface area (Å²) >= 11 is 6.22. The van der Waals surface area contributed by atoms with Gasteiger partial charge in [0.15, 0.2) is 0 Å². The Kier molecular flexibility index (Phi) is 5.96. The molecule has 1 aromatic rings. The zero-order valence-corrected chi connectivity index (χ0v) is 12.0. The van der Waals surface area contributed by atoms with Gasteiger partial charge in [-0.1, -0.05) is 37.6 Å². The zero-order valence-electron chi connectivity index (χ0n) is 11.3. The van der Waals surface area contributed by atoms with Crippen LogP contribution in [0.4, 0.5) is 0 Å². The lowest BCUT2D eigenvalue weighted by Gasteiger charge is -2.19. The summed E-state index contributed by atoms with van der Waals surface area (Å²) in [6.45, 7) is 9.33. The molecule has 1 aromatic carbocycles. The topological polar surface area (TPSA) is 15.3 Å². The van der Waals surface area contributed by atoms with Crippen LogP contribution in [-0.2, 0) is 6.54 Å². The van der Waals surface area contributed by atoms with Gasteiger partial charge in [0.05, 0.1) is 0 Å². The normalized spacial score (nSPS) is 11.5. The minimum atomic E-state index is 0.548. The number of hydrogen-bond donors (Lipinski definition) is 1. The first kappa shape index (κ1) is 14.5. The van der Waals surface area contributed by atoms with Gasteiger partial charge in [0, 0.05) is 30.7 Å². The van der Waals surface area contributed by atoms with Crippen molar-refractivity contribution in [3.63, 3.8) is 0 Å². The molecule has 0 aliphatic heterocycles. The minimum absolute atomic E-state index is 0.548. The van der Waals surface area contributed by atoms with E-state index in [1.165, 1.54) is 11.1 Å². The molecule has 1 rings (SSSR count). The van der Waals surface area contributed by atoms with E-state index >= 15 is 0 Å². The first-order valence-corrected chi connectivity index (χ1v) is 6.54. The molecule has 0 aliphatic rings. The second-order valence-corrected chi connectivity index (χ2v) is 5.35. The van der Waals surface area contributed by atoms with Crippen LogP contribution in [0.25, 0.3) is 0 Å². The zero-order chi connectivity index (χ0) is 12.8. The number of nitrogens with one attached hydrogen (secondary N) is 1. The van der Waals surface area contributed by atoms with Gasteiger partial charge >= 0.3 is 0 Å². The van der Waals surface area contributed by atoms with Crippen LogP contribution in [0, 0.1) is 6.92 Å². The number of aryl methyl sites for hydroxylation is 1. The van der Waals surface area contributed by atoms with E-state index in [2.05, 4.69) is 50.2 Å². The third-order valence-corrected chi connectivity index (χ3v) is 3.05. The summed E-state index contributed by atoms with van der Waals surface area (Å²) in [6.07, 6.45) is 0. The summed E-state index contributed by atoms with van der Waals surface area (Å²) in [5, 5.41) is 4.28. The van der Waals surface area contributed by atoms with Gasteiger partial charge in [0.2, 0.25) is 0 Å².